The molecule has 7 heteroatoms. The molecule has 3 rings (SSSR count). The molecule has 0 radical (unpaired) electrons. The van der Waals surface area contributed by atoms with Crippen molar-refractivity contribution >= 4 is 0 Å². The average molecular weight is 316 g/mol. The maximum absolute atomic E-state index is 5.38. The first-order valence-electron chi connectivity index (χ1n) is 8.03. The summed E-state index contributed by atoms with van der Waals surface area (Å²) in [7, 11) is 4.23. The third kappa shape index (κ3) is 4.57. The van der Waals surface area contributed by atoms with Gasteiger partial charge < -0.3 is 9.42 Å². The van der Waals surface area contributed by atoms with Crippen LogP contribution >= 0.6 is 0 Å². The van der Waals surface area contributed by atoms with E-state index < -0.39 is 0 Å². The van der Waals surface area contributed by atoms with Crippen molar-refractivity contribution in [1.82, 2.24) is 29.8 Å². The monoisotopic (exact) mass is 316 g/mol. The van der Waals surface area contributed by atoms with E-state index in [-0.39, 0.29) is 0 Å². The lowest BCUT2D eigenvalue weighted by Gasteiger charge is -2.34. The fourth-order valence-electron chi connectivity index (χ4n) is 2.64. The molecule has 0 bridgehead atoms. The summed E-state index contributed by atoms with van der Waals surface area (Å²) in [4.78, 5) is 15.7. The predicted molar refractivity (Wildman–Crippen MR) is 87.8 cm³/mol. The smallest absolute Gasteiger partial charge is 0.241 e. The first kappa shape index (κ1) is 16.0. The molecule has 2 aromatic heterocycles. The minimum absolute atomic E-state index is 0.609. The first-order valence-corrected chi connectivity index (χ1v) is 8.03. The van der Waals surface area contributed by atoms with Crippen LogP contribution in [-0.4, -0.2) is 83.2 Å². The van der Waals surface area contributed by atoms with Gasteiger partial charge in [-0.1, -0.05) is 5.16 Å². The quantitative estimate of drug-likeness (QED) is 0.781. The SMILES string of the molecule is CN(C)CCN1CCN(Cc2nc(-c3cccnc3)no2)CC1. The van der Waals surface area contributed by atoms with Gasteiger partial charge in [-0.05, 0) is 26.2 Å². The highest BCUT2D eigenvalue weighted by atomic mass is 16.5. The Kier molecular flexibility index (Phi) is 5.32. The van der Waals surface area contributed by atoms with Crippen LogP contribution in [0.15, 0.2) is 29.0 Å². The van der Waals surface area contributed by atoms with Crippen LogP contribution in [0.25, 0.3) is 11.4 Å². The molecule has 0 saturated carbocycles. The molecule has 1 saturated heterocycles. The zero-order valence-electron chi connectivity index (χ0n) is 13.9. The molecule has 2 aromatic rings. The Bertz CT molecular complexity index is 592. The minimum Gasteiger partial charge on any atom is -0.338 e. The highest BCUT2D eigenvalue weighted by molar-refractivity contribution is 5.51. The van der Waals surface area contributed by atoms with Crippen molar-refractivity contribution in [3.63, 3.8) is 0 Å². The lowest BCUT2D eigenvalue weighted by Crippen LogP contribution is -2.47. The molecule has 0 aromatic carbocycles. The molecule has 0 aliphatic carbocycles. The van der Waals surface area contributed by atoms with Gasteiger partial charge in [0.05, 0.1) is 6.54 Å². The molecule has 3 heterocycles. The van der Waals surface area contributed by atoms with Crippen molar-refractivity contribution in [2.45, 2.75) is 6.54 Å². The fraction of sp³-hybridized carbons (Fsp3) is 0.562. The zero-order chi connectivity index (χ0) is 16.1. The average Bonchev–Trinajstić information content (AvgIpc) is 3.03. The van der Waals surface area contributed by atoms with Gasteiger partial charge in [0.25, 0.3) is 0 Å². The summed E-state index contributed by atoms with van der Waals surface area (Å²) in [5.41, 5.74) is 0.885. The maximum Gasteiger partial charge on any atom is 0.241 e. The van der Waals surface area contributed by atoms with E-state index in [9.17, 15) is 0 Å². The highest BCUT2D eigenvalue weighted by Gasteiger charge is 2.19. The van der Waals surface area contributed by atoms with E-state index >= 15 is 0 Å². The third-order valence-electron chi connectivity index (χ3n) is 4.08. The standard InChI is InChI=1S/C16H24N6O/c1-20(2)6-7-21-8-10-22(11-9-21)13-15-18-16(19-23-15)14-4-3-5-17-12-14/h3-5,12H,6-11,13H2,1-2H3. The number of rotatable bonds is 6. The molecule has 7 nitrogen and oxygen atoms in total. The Hall–Kier alpha value is -1.83. The number of pyridine rings is 1. The van der Waals surface area contributed by atoms with Gasteiger partial charge in [-0.3, -0.25) is 14.8 Å². The van der Waals surface area contributed by atoms with E-state index in [0.29, 0.717) is 11.7 Å². The number of hydrogen-bond acceptors (Lipinski definition) is 7. The van der Waals surface area contributed by atoms with Crippen LogP contribution < -0.4 is 0 Å². The maximum atomic E-state index is 5.38. The Morgan fingerprint density at radius 1 is 1.17 bits per heavy atom. The molecule has 1 aliphatic heterocycles. The van der Waals surface area contributed by atoms with Gasteiger partial charge >= 0.3 is 0 Å². The Balaban J connectivity index is 1.49. The van der Waals surface area contributed by atoms with Gasteiger partial charge in [0.1, 0.15) is 0 Å². The van der Waals surface area contributed by atoms with Crippen molar-refractivity contribution in [2.24, 2.45) is 0 Å². The van der Waals surface area contributed by atoms with Crippen LogP contribution in [0.3, 0.4) is 0 Å². The lowest BCUT2D eigenvalue weighted by molar-refractivity contribution is 0.111. The largest absolute Gasteiger partial charge is 0.338 e. The summed E-state index contributed by atoms with van der Waals surface area (Å²) in [5, 5.41) is 4.05. The van der Waals surface area contributed by atoms with Gasteiger partial charge in [0.15, 0.2) is 0 Å². The Morgan fingerprint density at radius 2 is 1.96 bits per heavy atom. The van der Waals surface area contributed by atoms with Crippen molar-refractivity contribution in [3.05, 3.63) is 30.4 Å². The van der Waals surface area contributed by atoms with Crippen LogP contribution in [0.1, 0.15) is 5.89 Å². The van der Waals surface area contributed by atoms with Crippen LogP contribution in [0, 0.1) is 0 Å². The fourth-order valence-corrected chi connectivity index (χ4v) is 2.64. The molecule has 0 unspecified atom stereocenters. The van der Waals surface area contributed by atoms with E-state index in [1.54, 1.807) is 12.4 Å². The molecule has 0 atom stereocenters. The summed E-state index contributed by atoms with van der Waals surface area (Å²) in [6, 6.07) is 3.81. The molecule has 1 aliphatic rings. The molecule has 1 fully saturated rings. The van der Waals surface area contributed by atoms with E-state index in [2.05, 4.69) is 43.9 Å². The molecular weight excluding hydrogens is 292 g/mol. The highest BCUT2D eigenvalue weighted by Crippen LogP contribution is 2.15. The van der Waals surface area contributed by atoms with Crippen molar-refractivity contribution < 1.29 is 4.52 Å². The summed E-state index contributed by atoms with van der Waals surface area (Å²) < 4.78 is 5.38. The summed E-state index contributed by atoms with van der Waals surface area (Å²) in [5.74, 6) is 1.28. The third-order valence-corrected chi connectivity index (χ3v) is 4.08. The van der Waals surface area contributed by atoms with E-state index in [1.807, 2.05) is 12.1 Å². The number of nitrogens with zero attached hydrogens (tertiary/aromatic N) is 6. The number of piperazine rings is 1. The molecule has 0 N–H and O–H groups in total. The van der Waals surface area contributed by atoms with E-state index in [0.717, 1.165) is 51.4 Å². The summed E-state index contributed by atoms with van der Waals surface area (Å²) in [6.07, 6.45) is 3.48. The van der Waals surface area contributed by atoms with Gasteiger partial charge in [0, 0.05) is 57.2 Å². The van der Waals surface area contributed by atoms with Crippen LogP contribution in [0.2, 0.25) is 0 Å². The summed E-state index contributed by atoms with van der Waals surface area (Å²) in [6.45, 7) is 7.23. The van der Waals surface area contributed by atoms with Crippen molar-refractivity contribution in [2.75, 3.05) is 53.4 Å². The second-order valence-corrected chi connectivity index (χ2v) is 6.17. The molecule has 23 heavy (non-hydrogen) atoms. The van der Waals surface area contributed by atoms with Crippen LogP contribution in [0.5, 0.6) is 0 Å². The number of aromatic nitrogens is 3. The van der Waals surface area contributed by atoms with Gasteiger partial charge in [0.2, 0.25) is 11.7 Å². The second-order valence-electron chi connectivity index (χ2n) is 6.17. The lowest BCUT2D eigenvalue weighted by atomic mass is 10.3. The topological polar surface area (TPSA) is 61.5 Å². The van der Waals surface area contributed by atoms with E-state index in [4.69, 9.17) is 4.52 Å². The van der Waals surface area contributed by atoms with Gasteiger partial charge in [-0.25, -0.2) is 0 Å². The number of hydrogen-bond donors (Lipinski definition) is 0. The van der Waals surface area contributed by atoms with Gasteiger partial charge in [-0.15, -0.1) is 0 Å². The minimum atomic E-state index is 0.609. The first-order chi connectivity index (χ1) is 11.2. The van der Waals surface area contributed by atoms with Crippen LogP contribution in [0.4, 0.5) is 0 Å². The summed E-state index contributed by atoms with van der Waals surface area (Å²) >= 11 is 0. The Labute approximate surface area is 136 Å². The molecular formula is C16H24N6O. The molecule has 124 valence electrons. The van der Waals surface area contributed by atoms with Gasteiger partial charge in [-0.2, -0.15) is 4.98 Å². The molecule has 0 spiro atoms. The van der Waals surface area contributed by atoms with Crippen molar-refractivity contribution in [3.8, 4) is 11.4 Å². The van der Waals surface area contributed by atoms with Crippen LogP contribution in [-0.2, 0) is 6.54 Å². The Morgan fingerprint density at radius 3 is 2.65 bits per heavy atom. The van der Waals surface area contributed by atoms with Crippen molar-refractivity contribution in [1.29, 1.82) is 0 Å². The zero-order valence-corrected chi connectivity index (χ0v) is 13.9. The normalized spacial score (nSPS) is 17.0. The van der Waals surface area contributed by atoms with E-state index in [1.165, 1.54) is 0 Å². The predicted octanol–water partition coefficient (Wildman–Crippen LogP) is 0.811. The molecule has 0 amide bonds. The second kappa shape index (κ2) is 7.63. The number of likely N-dealkylation sites (N-methyl/N-ethyl adjacent to an activating group) is 1.